The second-order valence-electron chi connectivity index (χ2n) is 4.79. The fourth-order valence-electron chi connectivity index (χ4n) is 2.13. The van der Waals surface area contributed by atoms with Gasteiger partial charge < -0.3 is 5.32 Å². The number of rotatable bonds is 6. The molecule has 2 aromatic rings. The van der Waals surface area contributed by atoms with Crippen LogP contribution in [0.4, 0.5) is 4.39 Å². The van der Waals surface area contributed by atoms with Crippen molar-refractivity contribution in [1.29, 1.82) is 0 Å². The average Bonchev–Trinajstić information content (AvgIpc) is 2.81. The van der Waals surface area contributed by atoms with Gasteiger partial charge in [0.15, 0.2) is 0 Å². The Bertz CT molecular complexity index is 521. The minimum Gasteiger partial charge on any atom is -0.309 e. The molecule has 0 aliphatic rings. The molecule has 0 fully saturated rings. The van der Waals surface area contributed by atoms with Gasteiger partial charge in [0.25, 0.3) is 0 Å². The first-order chi connectivity index (χ1) is 9.19. The predicted molar refractivity (Wildman–Crippen MR) is 80.2 cm³/mol. The first kappa shape index (κ1) is 14.2. The first-order valence-corrected chi connectivity index (χ1v) is 7.55. The SMILES string of the molecule is CCCNC(Cc1cccc(F)c1)c1ccc(C)s1. The van der Waals surface area contributed by atoms with Crippen LogP contribution >= 0.6 is 11.3 Å². The molecule has 1 aromatic heterocycles. The molecule has 1 atom stereocenters. The Labute approximate surface area is 118 Å². The van der Waals surface area contributed by atoms with Gasteiger partial charge in [0.05, 0.1) is 0 Å². The van der Waals surface area contributed by atoms with E-state index in [1.54, 1.807) is 12.1 Å². The van der Waals surface area contributed by atoms with Gasteiger partial charge in [0, 0.05) is 15.8 Å². The van der Waals surface area contributed by atoms with Crippen LogP contribution in [-0.4, -0.2) is 6.54 Å². The van der Waals surface area contributed by atoms with E-state index in [2.05, 4.69) is 31.3 Å². The van der Waals surface area contributed by atoms with Crippen molar-refractivity contribution in [3.8, 4) is 0 Å². The van der Waals surface area contributed by atoms with E-state index in [9.17, 15) is 4.39 Å². The average molecular weight is 277 g/mol. The zero-order chi connectivity index (χ0) is 13.7. The fourth-order valence-corrected chi connectivity index (χ4v) is 3.09. The van der Waals surface area contributed by atoms with Gasteiger partial charge >= 0.3 is 0 Å². The summed E-state index contributed by atoms with van der Waals surface area (Å²) in [6.07, 6.45) is 1.93. The Morgan fingerprint density at radius 2 is 2.11 bits per heavy atom. The highest BCUT2D eigenvalue weighted by molar-refractivity contribution is 7.12. The summed E-state index contributed by atoms with van der Waals surface area (Å²) < 4.78 is 13.3. The van der Waals surface area contributed by atoms with E-state index >= 15 is 0 Å². The normalized spacial score (nSPS) is 12.6. The maximum Gasteiger partial charge on any atom is 0.123 e. The van der Waals surface area contributed by atoms with Crippen LogP contribution in [0, 0.1) is 12.7 Å². The number of hydrogen-bond acceptors (Lipinski definition) is 2. The molecule has 1 unspecified atom stereocenters. The van der Waals surface area contributed by atoms with Gasteiger partial charge in [-0.3, -0.25) is 0 Å². The van der Waals surface area contributed by atoms with Crippen LogP contribution in [0.15, 0.2) is 36.4 Å². The van der Waals surface area contributed by atoms with Crippen LogP contribution in [-0.2, 0) is 6.42 Å². The lowest BCUT2D eigenvalue weighted by atomic mass is 10.0. The van der Waals surface area contributed by atoms with Crippen molar-refractivity contribution in [2.45, 2.75) is 32.7 Å². The molecule has 3 heteroatoms. The molecule has 0 bridgehead atoms. The van der Waals surface area contributed by atoms with E-state index in [-0.39, 0.29) is 11.9 Å². The molecule has 1 nitrogen and oxygen atoms in total. The van der Waals surface area contributed by atoms with Gasteiger partial charge in [0.1, 0.15) is 5.82 Å². The topological polar surface area (TPSA) is 12.0 Å². The van der Waals surface area contributed by atoms with Crippen molar-refractivity contribution in [3.05, 3.63) is 57.5 Å². The summed E-state index contributed by atoms with van der Waals surface area (Å²) in [5, 5.41) is 3.55. The lowest BCUT2D eigenvalue weighted by Gasteiger charge is -2.17. The van der Waals surface area contributed by atoms with E-state index in [1.807, 2.05) is 17.4 Å². The highest BCUT2D eigenvalue weighted by atomic mass is 32.1. The fraction of sp³-hybridized carbons (Fsp3) is 0.375. The summed E-state index contributed by atoms with van der Waals surface area (Å²) in [5.41, 5.74) is 1.04. The van der Waals surface area contributed by atoms with Crippen molar-refractivity contribution in [1.82, 2.24) is 5.32 Å². The molecule has 0 aliphatic carbocycles. The summed E-state index contributed by atoms with van der Waals surface area (Å²) in [6, 6.07) is 11.5. The third-order valence-electron chi connectivity index (χ3n) is 3.07. The van der Waals surface area contributed by atoms with E-state index in [4.69, 9.17) is 0 Å². The van der Waals surface area contributed by atoms with Crippen molar-refractivity contribution in [2.24, 2.45) is 0 Å². The number of nitrogens with one attached hydrogen (secondary N) is 1. The molecule has 0 aliphatic heterocycles. The summed E-state index contributed by atoms with van der Waals surface area (Å²) in [6.45, 7) is 5.26. The zero-order valence-electron chi connectivity index (χ0n) is 11.4. The standard InChI is InChI=1S/C16H20FNS/c1-3-9-18-15(16-8-7-12(2)19-16)11-13-5-4-6-14(17)10-13/h4-8,10,15,18H,3,9,11H2,1-2H3. The van der Waals surface area contributed by atoms with Crippen LogP contribution in [0.2, 0.25) is 0 Å². The zero-order valence-corrected chi connectivity index (χ0v) is 12.3. The Kier molecular flexibility index (Phi) is 5.11. The minimum atomic E-state index is -0.158. The Morgan fingerprint density at radius 3 is 2.74 bits per heavy atom. The molecule has 0 saturated carbocycles. The lowest BCUT2D eigenvalue weighted by molar-refractivity contribution is 0.534. The molecule has 0 amide bonds. The van der Waals surface area contributed by atoms with Gasteiger partial charge in [-0.2, -0.15) is 0 Å². The third kappa shape index (κ3) is 4.15. The number of halogens is 1. The molecule has 0 radical (unpaired) electrons. The van der Waals surface area contributed by atoms with Crippen molar-refractivity contribution < 1.29 is 4.39 Å². The van der Waals surface area contributed by atoms with Gasteiger partial charge in [-0.25, -0.2) is 4.39 Å². The number of thiophene rings is 1. The third-order valence-corrected chi connectivity index (χ3v) is 4.19. The molecule has 0 spiro atoms. The van der Waals surface area contributed by atoms with E-state index in [0.29, 0.717) is 0 Å². The summed E-state index contributed by atoms with van der Waals surface area (Å²) >= 11 is 1.81. The predicted octanol–water partition coefficient (Wildman–Crippen LogP) is 4.48. The van der Waals surface area contributed by atoms with Gasteiger partial charge in [-0.1, -0.05) is 19.1 Å². The summed E-state index contributed by atoms with van der Waals surface area (Å²) in [7, 11) is 0. The number of aryl methyl sites for hydroxylation is 1. The van der Waals surface area contributed by atoms with Crippen LogP contribution < -0.4 is 5.32 Å². The quantitative estimate of drug-likeness (QED) is 0.821. The molecule has 1 aromatic carbocycles. The smallest absolute Gasteiger partial charge is 0.123 e. The molecular formula is C16H20FNS. The second kappa shape index (κ2) is 6.83. The van der Waals surface area contributed by atoms with Crippen LogP contribution in [0.5, 0.6) is 0 Å². The van der Waals surface area contributed by atoms with Gasteiger partial charge in [-0.15, -0.1) is 11.3 Å². The molecule has 0 saturated heterocycles. The number of hydrogen-bond donors (Lipinski definition) is 1. The van der Waals surface area contributed by atoms with Crippen LogP contribution in [0.1, 0.15) is 34.7 Å². The second-order valence-corrected chi connectivity index (χ2v) is 6.11. The van der Waals surface area contributed by atoms with Crippen LogP contribution in [0.25, 0.3) is 0 Å². The molecule has 19 heavy (non-hydrogen) atoms. The summed E-state index contributed by atoms with van der Waals surface area (Å²) in [4.78, 5) is 2.65. The van der Waals surface area contributed by atoms with E-state index in [1.165, 1.54) is 15.8 Å². The highest BCUT2D eigenvalue weighted by Gasteiger charge is 2.13. The monoisotopic (exact) mass is 277 g/mol. The molecule has 102 valence electrons. The summed E-state index contributed by atoms with van der Waals surface area (Å²) in [5.74, 6) is -0.158. The molecule has 1 N–H and O–H groups in total. The van der Waals surface area contributed by atoms with Crippen LogP contribution in [0.3, 0.4) is 0 Å². The first-order valence-electron chi connectivity index (χ1n) is 6.73. The Morgan fingerprint density at radius 1 is 1.26 bits per heavy atom. The Hall–Kier alpha value is -1.19. The highest BCUT2D eigenvalue weighted by Crippen LogP contribution is 2.26. The molecule has 2 rings (SSSR count). The van der Waals surface area contributed by atoms with Crippen molar-refractivity contribution in [2.75, 3.05) is 6.54 Å². The van der Waals surface area contributed by atoms with Gasteiger partial charge in [0.2, 0.25) is 0 Å². The maximum atomic E-state index is 13.3. The van der Waals surface area contributed by atoms with Crippen molar-refractivity contribution >= 4 is 11.3 Å². The van der Waals surface area contributed by atoms with E-state index in [0.717, 1.165) is 24.9 Å². The molecule has 1 heterocycles. The maximum absolute atomic E-state index is 13.3. The lowest BCUT2D eigenvalue weighted by Crippen LogP contribution is -2.23. The Balaban J connectivity index is 2.13. The van der Waals surface area contributed by atoms with E-state index < -0.39 is 0 Å². The van der Waals surface area contributed by atoms with Crippen molar-refractivity contribution in [3.63, 3.8) is 0 Å². The molecular weight excluding hydrogens is 257 g/mol. The van der Waals surface area contributed by atoms with Gasteiger partial charge in [-0.05, 0) is 56.1 Å². The minimum absolute atomic E-state index is 0.158. The number of benzene rings is 1. The largest absolute Gasteiger partial charge is 0.309 e.